The summed E-state index contributed by atoms with van der Waals surface area (Å²) in [5.41, 5.74) is 3.37. The van der Waals surface area contributed by atoms with Crippen LogP contribution in [0.25, 0.3) is 5.57 Å². The molecule has 0 saturated heterocycles. The molecule has 1 amide bonds. The fourth-order valence-electron chi connectivity index (χ4n) is 12.2. The topological polar surface area (TPSA) is 86.6 Å². The van der Waals surface area contributed by atoms with Crippen LogP contribution < -0.4 is 5.32 Å². The van der Waals surface area contributed by atoms with Crippen LogP contribution in [0.15, 0.2) is 30.3 Å². The van der Waals surface area contributed by atoms with Gasteiger partial charge in [0.2, 0.25) is 5.91 Å². The van der Waals surface area contributed by atoms with Gasteiger partial charge in [-0.15, -0.1) is 0 Å². The van der Waals surface area contributed by atoms with Gasteiger partial charge in [-0.25, -0.2) is 4.79 Å². The summed E-state index contributed by atoms with van der Waals surface area (Å²) in [4.78, 5) is 25.0. The van der Waals surface area contributed by atoms with Crippen molar-refractivity contribution in [1.82, 2.24) is 5.32 Å². The van der Waals surface area contributed by atoms with E-state index in [0.717, 1.165) is 37.7 Å². The van der Waals surface area contributed by atoms with Gasteiger partial charge < -0.3 is 15.5 Å². The van der Waals surface area contributed by atoms with Crippen molar-refractivity contribution in [1.29, 1.82) is 0 Å². The van der Waals surface area contributed by atoms with Crippen molar-refractivity contribution < 1.29 is 19.8 Å². The molecule has 3 N–H and O–H groups in total. The van der Waals surface area contributed by atoms with Crippen LogP contribution in [-0.4, -0.2) is 35.2 Å². The van der Waals surface area contributed by atoms with Gasteiger partial charge in [0.15, 0.2) is 0 Å². The minimum atomic E-state index is -0.875. The van der Waals surface area contributed by atoms with Crippen LogP contribution in [-0.2, 0) is 4.79 Å². The highest BCUT2D eigenvalue weighted by Gasteiger charge is 2.70. The molecule has 224 valence electrons. The summed E-state index contributed by atoms with van der Waals surface area (Å²) >= 11 is 0. The Morgan fingerprint density at radius 3 is 2.27 bits per heavy atom. The number of aliphatic hydroxyl groups excluding tert-OH is 1. The molecular weight excluding hydrogens is 510 g/mol. The predicted octanol–water partition coefficient (Wildman–Crippen LogP) is 7.34. The molecule has 0 bridgehead atoms. The lowest BCUT2D eigenvalue weighted by Gasteiger charge is -2.72. The molecule has 41 heavy (non-hydrogen) atoms. The first-order valence-electron chi connectivity index (χ1n) is 16.3. The number of hydrogen-bond acceptors (Lipinski definition) is 3. The molecule has 0 radical (unpaired) electrons. The van der Waals surface area contributed by atoms with E-state index in [2.05, 4.69) is 46.0 Å². The Hall–Kier alpha value is -2.14. The number of rotatable bonds is 5. The molecule has 3 unspecified atom stereocenters. The van der Waals surface area contributed by atoms with Gasteiger partial charge >= 0.3 is 5.97 Å². The number of carboxylic acids is 1. The summed E-state index contributed by atoms with van der Waals surface area (Å²) in [6, 6.07) is 7.51. The van der Waals surface area contributed by atoms with Crippen LogP contribution in [0.4, 0.5) is 0 Å². The van der Waals surface area contributed by atoms with Gasteiger partial charge in [-0.2, -0.15) is 0 Å². The Balaban J connectivity index is 1.32. The van der Waals surface area contributed by atoms with Crippen LogP contribution in [0, 0.1) is 50.7 Å². The molecule has 5 aliphatic carbocycles. The Morgan fingerprint density at radius 1 is 0.854 bits per heavy atom. The lowest BCUT2D eigenvalue weighted by molar-refractivity contribution is -0.222. The highest BCUT2D eigenvalue weighted by atomic mass is 16.4. The zero-order chi connectivity index (χ0) is 29.4. The number of carbonyl (C=O) groups is 2. The number of carbonyl (C=O) groups excluding carboxylic acids is 1. The van der Waals surface area contributed by atoms with E-state index in [-0.39, 0.29) is 39.6 Å². The maximum Gasteiger partial charge on any atom is 0.335 e. The van der Waals surface area contributed by atoms with Gasteiger partial charge in [0.05, 0.1) is 17.6 Å². The second kappa shape index (κ2) is 9.69. The van der Waals surface area contributed by atoms with E-state index in [4.69, 9.17) is 0 Å². The number of hydrogen-bond donors (Lipinski definition) is 3. The molecular formula is C36H51NO4. The number of aromatic carboxylic acids is 1. The van der Waals surface area contributed by atoms with Crippen LogP contribution in [0.5, 0.6) is 0 Å². The van der Waals surface area contributed by atoms with E-state index in [0.29, 0.717) is 35.8 Å². The summed E-state index contributed by atoms with van der Waals surface area (Å²) in [5, 5.41) is 21.9. The molecule has 5 nitrogen and oxygen atoms in total. The lowest BCUT2D eigenvalue weighted by atomic mass is 9.32. The van der Waals surface area contributed by atoms with Gasteiger partial charge in [-0.05, 0) is 126 Å². The molecule has 0 spiro atoms. The Labute approximate surface area is 246 Å². The third-order valence-electron chi connectivity index (χ3n) is 14.2. The van der Waals surface area contributed by atoms with Gasteiger partial charge in [-0.3, -0.25) is 4.79 Å². The van der Waals surface area contributed by atoms with Crippen molar-refractivity contribution in [3.63, 3.8) is 0 Å². The summed E-state index contributed by atoms with van der Waals surface area (Å²) in [5.74, 6) is 1.62. The third-order valence-corrected chi connectivity index (χ3v) is 14.2. The Bertz CT molecular complexity index is 1250. The van der Waals surface area contributed by atoms with E-state index >= 15 is 0 Å². The number of benzene rings is 1. The molecule has 0 aliphatic heterocycles. The molecule has 5 aliphatic rings. The van der Waals surface area contributed by atoms with Crippen molar-refractivity contribution in [3.05, 3.63) is 41.5 Å². The third kappa shape index (κ3) is 3.89. The van der Waals surface area contributed by atoms with E-state index in [1.54, 1.807) is 12.1 Å². The first-order valence-corrected chi connectivity index (χ1v) is 16.3. The van der Waals surface area contributed by atoms with Crippen LogP contribution in [0.1, 0.15) is 115 Å². The van der Waals surface area contributed by atoms with E-state index in [1.807, 2.05) is 12.1 Å². The Morgan fingerprint density at radius 2 is 1.59 bits per heavy atom. The second-order valence-corrected chi connectivity index (χ2v) is 15.7. The van der Waals surface area contributed by atoms with Crippen LogP contribution in [0.2, 0.25) is 0 Å². The minimum Gasteiger partial charge on any atom is -0.478 e. The van der Waals surface area contributed by atoms with Gasteiger partial charge in [0.25, 0.3) is 0 Å². The normalized spacial score (nSPS) is 42.6. The van der Waals surface area contributed by atoms with Crippen molar-refractivity contribution >= 4 is 17.4 Å². The number of amides is 1. The van der Waals surface area contributed by atoms with E-state index < -0.39 is 5.97 Å². The van der Waals surface area contributed by atoms with Crippen molar-refractivity contribution in [2.75, 3.05) is 13.2 Å². The number of allylic oxidation sites excluding steroid dienone is 2. The fraction of sp³-hybridized carbons (Fsp3) is 0.722. The summed E-state index contributed by atoms with van der Waals surface area (Å²) in [7, 11) is 0. The largest absolute Gasteiger partial charge is 0.478 e. The molecule has 5 heteroatoms. The molecule has 1 aromatic carbocycles. The molecule has 4 saturated carbocycles. The predicted molar refractivity (Wildman–Crippen MR) is 162 cm³/mol. The summed E-state index contributed by atoms with van der Waals surface area (Å²) in [6.45, 7) is 13.1. The van der Waals surface area contributed by atoms with Crippen molar-refractivity contribution in [3.8, 4) is 0 Å². The zero-order valence-corrected chi connectivity index (χ0v) is 25.9. The van der Waals surface area contributed by atoms with Crippen LogP contribution in [0.3, 0.4) is 0 Å². The SMILES string of the molecule is CC1(C)C(c2ccc(C(=O)O)cc2)=CC[C@@]2(C)C1CC[C@]1(C)C2CC[C@@H]2C3CCC[C@]3(C(=O)NCCO)CC[C@]21C. The minimum absolute atomic E-state index is 0.00723. The molecule has 0 aromatic heterocycles. The van der Waals surface area contributed by atoms with Gasteiger partial charge in [-0.1, -0.05) is 59.2 Å². The number of aliphatic hydroxyl groups is 1. The first-order chi connectivity index (χ1) is 19.3. The molecule has 0 heterocycles. The standard InChI is InChI=1S/C36H51NO4/c1-32(2)25(23-8-10-24(11-9-23)30(39)40)14-17-33(3)28(32)15-18-35(5)29(33)13-12-26-27-7-6-16-36(27,20-19-34(26,35)4)31(41)37-21-22-38/h8-11,14,26-29,38H,6-7,12-13,15-22H2,1-5H3,(H,37,41)(H,39,40)/t26-,27?,28?,29?,33+,34-,35-,36+/m1/s1. The van der Waals surface area contributed by atoms with Gasteiger partial charge in [0, 0.05) is 6.54 Å². The highest BCUT2D eigenvalue weighted by molar-refractivity contribution is 5.88. The smallest absolute Gasteiger partial charge is 0.335 e. The first kappa shape index (κ1) is 29.0. The average Bonchev–Trinajstić information content (AvgIpc) is 3.37. The fourth-order valence-corrected chi connectivity index (χ4v) is 12.2. The average molecular weight is 562 g/mol. The molecule has 4 fully saturated rings. The zero-order valence-electron chi connectivity index (χ0n) is 25.9. The number of nitrogens with one attached hydrogen (secondary N) is 1. The van der Waals surface area contributed by atoms with Crippen LogP contribution >= 0.6 is 0 Å². The lowest BCUT2D eigenvalue weighted by Crippen LogP contribution is -2.65. The molecule has 6 rings (SSSR count). The molecule has 8 atom stereocenters. The number of fused-ring (bicyclic) bond motifs is 7. The maximum absolute atomic E-state index is 13.6. The van der Waals surface area contributed by atoms with Crippen molar-refractivity contribution in [2.45, 2.75) is 98.8 Å². The van der Waals surface area contributed by atoms with E-state index in [1.165, 1.54) is 37.7 Å². The van der Waals surface area contributed by atoms with Crippen molar-refractivity contribution in [2.24, 2.45) is 50.7 Å². The molecule has 1 aromatic rings. The number of carboxylic acid groups (broad SMARTS) is 1. The summed E-state index contributed by atoms with van der Waals surface area (Å²) < 4.78 is 0. The monoisotopic (exact) mass is 561 g/mol. The summed E-state index contributed by atoms with van der Waals surface area (Å²) in [6.07, 6.45) is 14.0. The van der Waals surface area contributed by atoms with E-state index in [9.17, 15) is 19.8 Å². The van der Waals surface area contributed by atoms with Gasteiger partial charge in [0.1, 0.15) is 0 Å². The maximum atomic E-state index is 13.6. The second-order valence-electron chi connectivity index (χ2n) is 15.7. The highest BCUT2D eigenvalue weighted by Crippen LogP contribution is 2.77. The quantitative estimate of drug-likeness (QED) is 0.351. The Kier molecular flexibility index (Phi) is 6.84.